The molecular weight excluding hydrogens is 474 g/mol. The third kappa shape index (κ3) is 6.95. The first-order chi connectivity index (χ1) is 15.5. The van der Waals surface area contributed by atoms with Crippen LogP contribution >= 0.6 is 15.9 Å². The lowest BCUT2D eigenvalue weighted by molar-refractivity contribution is -0.120. The maximum atomic E-state index is 12.1. The smallest absolute Gasteiger partial charge is 0.259 e. The Morgan fingerprint density at radius 2 is 1.81 bits per heavy atom. The summed E-state index contributed by atoms with van der Waals surface area (Å²) in [6.45, 7) is 0.227. The number of hydrogen-bond acceptors (Lipinski definition) is 5. The van der Waals surface area contributed by atoms with Crippen molar-refractivity contribution >= 4 is 34.0 Å². The average molecular weight is 496 g/mol. The van der Waals surface area contributed by atoms with Crippen LogP contribution in [0.5, 0.6) is 11.5 Å². The van der Waals surface area contributed by atoms with Crippen molar-refractivity contribution in [3.8, 4) is 11.5 Å². The number of ether oxygens (including phenoxy) is 2. The molecule has 0 saturated heterocycles. The zero-order valence-electron chi connectivity index (χ0n) is 17.4. The van der Waals surface area contributed by atoms with Crippen LogP contribution in [0.2, 0.25) is 0 Å². The monoisotopic (exact) mass is 495 g/mol. The molecule has 0 spiro atoms. The maximum absolute atomic E-state index is 12.1. The largest absolute Gasteiger partial charge is 0.493 e. The highest BCUT2D eigenvalue weighted by Crippen LogP contribution is 2.28. The molecule has 0 fully saturated rings. The number of halogens is 1. The number of amides is 2. The summed E-state index contributed by atoms with van der Waals surface area (Å²) >= 11 is 3.31. The second kappa shape index (κ2) is 11.7. The Bertz CT molecular complexity index is 1100. The Kier molecular flexibility index (Phi) is 8.39. The molecule has 0 aromatic heterocycles. The van der Waals surface area contributed by atoms with Crippen molar-refractivity contribution in [3.63, 3.8) is 0 Å². The van der Waals surface area contributed by atoms with E-state index in [4.69, 9.17) is 9.47 Å². The zero-order chi connectivity index (χ0) is 22.8. The molecule has 0 bridgehead atoms. The van der Waals surface area contributed by atoms with Crippen LogP contribution in [0.3, 0.4) is 0 Å². The van der Waals surface area contributed by atoms with E-state index in [1.54, 1.807) is 43.5 Å². The van der Waals surface area contributed by atoms with Gasteiger partial charge in [0.1, 0.15) is 6.61 Å². The molecule has 0 aliphatic rings. The summed E-state index contributed by atoms with van der Waals surface area (Å²) in [6.07, 6.45) is 1.48. The highest BCUT2D eigenvalue weighted by atomic mass is 79.9. The highest BCUT2D eigenvalue weighted by molar-refractivity contribution is 9.10. The van der Waals surface area contributed by atoms with Crippen LogP contribution < -0.4 is 20.2 Å². The van der Waals surface area contributed by atoms with E-state index >= 15 is 0 Å². The Labute approximate surface area is 194 Å². The van der Waals surface area contributed by atoms with Crippen LogP contribution in [0.15, 0.2) is 82.4 Å². The third-order valence-corrected chi connectivity index (χ3v) is 4.82. The first-order valence-corrected chi connectivity index (χ1v) is 10.5. The van der Waals surface area contributed by atoms with E-state index in [1.807, 2.05) is 36.4 Å². The van der Waals surface area contributed by atoms with Crippen molar-refractivity contribution < 1.29 is 19.1 Å². The van der Waals surface area contributed by atoms with E-state index in [0.717, 1.165) is 10.0 Å². The van der Waals surface area contributed by atoms with Gasteiger partial charge in [0, 0.05) is 10.0 Å². The number of nitrogens with zero attached hydrogens (tertiary/aromatic N) is 1. The fraction of sp³-hybridized carbons (Fsp3) is 0.125. The topological polar surface area (TPSA) is 89.0 Å². The van der Waals surface area contributed by atoms with Gasteiger partial charge in [-0.1, -0.05) is 52.3 Å². The lowest BCUT2D eigenvalue weighted by atomic mass is 10.2. The summed E-state index contributed by atoms with van der Waals surface area (Å²) < 4.78 is 12.0. The molecule has 32 heavy (non-hydrogen) atoms. The van der Waals surface area contributed by atoms with E-state index in [0.29, 0.717) is 29.2 Å². The van der Waals surface area contributed by atoms with Gasteiger partial charge in [0.15, 0.2) is 11.5 Å². The molecule has 164 valence electrons. The minimum Gasteiger partial charge on any atom is -0.493 e. The van der Waals surface area contributed by atoms with Gasteiger partial charge in [-0.3, -0.25) is 9.59 Å². The van der Waals surface area contributed by atoms with Crippen LogP contribution in [0.1, 0.15) is 21.5 Å². The van der Waals surface area contributed by atoms with Crippen LogP contribution in [0.4, 0.5) is 0 Å². The van der Waals surface area contributed by atoms with E-state index in [1.165, 1.54) is 6.21 Å². The SMILES string of the molecule is COc1cc(/C=N\NC(=O)CNC(=O)c2cccc(Br)c2)ccc1OCc1ccccc1. The Hall–Kier alpha value is -3.65. The molecule has 0 radical (unpaired) electrons. The van der Waals surface area contributed by atoms with Crippen molar-refractivity contribution in [2.45, 2.75) is 6.61 Å². The first kappa shape index (κ1) is 23.0. The molecule has 0 aliphatic carbocycles. The van der Waals surface area contributed by atoms with E-state index < -0.39 is 5.91 Å². The van der Waals surface area contributed by atoms with Gasteiger partial charge in [-0.05, 0) is 47.5 Å². The summed E-state index contributed by atoms with van der Waals surface area (Å²) in [7, 11) is 1.56. The van der Waals surface area contributed by atoms with Gasteiger partial charge in [0.25, 0.3) is 11.8 Å². The summed E-state index contributed by atoms with van der Waals surface area (Å²) in [6, 6.07) is 22.1. The number of carbonyl (C=O) groups is 2. The fourth-order valence-corrected chi connectivity index (χ4v) is 3.13. The number of hydrogen-bond donors (Lipinski definition) is 2. The number of nitrogens with one attached hydrogen (secondary N) is 2. The quantitative estimate of drug-likeness (QED) is 0.347. The molecular formula is C24H22BrN3O4. The summed E-state index contributed by atoms with van der Waals surface area (Å²) in [5.41, 5.74) is 4.60. The molecule has 8 heteroatoms. The van der Waals surface area contributed by atoms with E-state index in [9.17, 15) is 9.59 Å². The highest BCUT2D eigenvalue weighted by Gasteiger charge is 2.08. The van der Waals surface area contributed by atoms with Gasteiger partial charge < -0.3 is 14.8 Å². The average Bonchev–Trinajstić information content (AvgIpc) is 2.82. The van der Waals surface area contributed by atoms with Gasteiger partial charge >= 0.3 is 0 Å². The number of rotatable bonds is 9. The van der Waals surface area contributed by atoms with E-state index in [2.05, 4.69) is 31.8 Å². The summed E-state index contributed by atoms with van der Waals surface area (Å²) in [5.74, 6) is 0.367. The summed E-state index contributed by atoms with van der Waals surface area (Å²) in [5, 5.41) is 6.47. The third-order valence-electron chi connectivity index (χ3n) is 4.32. The molecule has 2 amide bonds. The molecule has 0 aliphatic heterocycles. The lowest BCUT2D eigenvalue weighted by Crippen LogP contribution is -2.34. The molecule has 0 unspecified atom stereocenters. The van der Waals surface area contributed by atoms with Gasteiger partial charge in [-0.2, -0.15) is 5.10 Å². The van der Waals surface area contributed by atoms with Gasteiger partial charge in [-0.15, -0.1) is 0 Å². The second-order valence-electron chi connectivity index (χ2n) is 6.67. The first-order valence-electron chi connectivity index (χ1n) is 9.75. The molecule has 3 aromatic rings. The Balaban J connectivity index is 1.49. The maximum Gasteiger partial charge on any atom is 0.259 e. The Morgan fingerprint density at radius 1 is 1.00 bits per heavy atom. The summed E-state index contributed by atoms with van der Waals surface area (Å²) in [4.78, 5) is 24.0. The van der Waals surface area contributed by atoms with Gasteiger partial charge in [0.05, 0.1) is 19.9 Å². The number of hydrazone groups is 1. The van der Waals surface area contributed by atoms with Crippen molar-refractivity contribution in [1.29, 1.82) is 0 Å². The molecule has 2 N–H and O–H groups in total. The predicted octanol–water partition coefficient (Wildman–Crippen LogP) is 3.92. The van der Waals surface area contributed by atoms with Crippen LogP contribution in [0, 0.1) is 0 Å². The van der Waals surface area contributed by atoms with Crippen LogP contribution in [-0.4, -0.2) is 31.7 Å². The molecule has 0 saturated carbocycles. The zero-order valence-corrected chi connectivity index (χ0v) is 19.0. The second-order valence-corrected chi connectivity index (χ2v) is 7.59. The molecule has 3 rings (SSSR count). The normalized spacial score (nSPS) is 10.6. The molecule has 7 nitrogen and oxygen atoms in total. The van der Waals surface area contributed by atoms with Gasteiger partial charge in [0.2, 0.25) is 0 Å². The Morgan fingerprint density at radius 3 is 2.56 bits per heavy atom. The molecule has 0 atom stereocenters. The number of benzene rings is 3. The van der Waals surface area contributed by atoms with Gasteiger partial charge in [-0.25, -0.2) is 5.43 Å². The molecule has 0 heterocycles. The van der Waals surface area contributed by atoms with Crippen molar-refractivity contribution in [2.24, 2.45) is 5.10 Å². The predicted molar refractivity (Wildman–Crippen MR) is 126 cm³/mol. The van der Waals surface area contributed by atoms with Crippen molar-refractivity contribution in [1.82, 2.24) is 10.7 Å². The minimum atomic E-state index is -0.445. The van der Waals surface area contributed by atoms with Crippen molar-refractivity contribution in [2.75, 3.05) is 13.7 Å². The van der Waals surface area contributed by atoms with Crippen LogP contribution in [0.25, 0.3) is 0 Å². The van der Waals surface area contributed by atoms with E-state index in [-0.39, 0.29) is 12.5 Å². The van der Waals surface area contributed by atoms with Crippen LogP contribution in [-0.2, 0) is 11.4 Å². The lowest BCUT2D eigenvalue weighted by Gasteiger charge is -2.11. The van der Waals surface area contributed by atoms with Crippen molar-refractivity contribution in [3.05, 3.63) is 94.0 Å². The number of carbonyl (C=O) groups excluding carboxylic acids is 2. The molecule has 3 aromatic carbocycles. The number of methoxy groups -OCH3 is 1. The minimum absolute atomic E-state index is 0.196. The fourth-order valence-electron chi connectivity index (χ4n) is 2.73. The standard InChI is InChI=1S/C24H22BrN3O4/c1-31-22-12-18(10-11-21(22)32-16-17-6-3-2-4-7-17)14-27-28-23(29)15-26-24(30)19-8-5-9-20(25)13-19/h2-14H,15-16H2,1H3,(H,26,30)(H,28,29)/b27-14-.